The zero-order valence-electron chi connectivity index (χ0n) is 9.87. The molecule has 0 aliphatic heterocycles. The first-order valence-corrected chi connectivity index (χ1v) is 5.73. The van der Waals surface area contributed by atoms with Crippen molar-refractivity contribution in [2.24, 2.45) is 0 Å². The standard InChI is InChI=1S/C12H9ClF3N3O/c13-7-1-2-10(20)8(4-7)19-9-3-6(12(14,15)16)5-18-11(9)17/h1-5,19-20H,(H2,17,18). The van der Waals surface area contributed by atoms with Gasteiger partial charge < -0.3 is 16.2 Å². The van der Waals surface area contributed by atoms with Crippen LogP contribution in [0.1, 0.15) is 5.56 Å². The minimum Gasteiger partial charge on any atom is -0.506 e. The third kappa shape index (κ3) is 3.05. The number of phenolic OH excluding ortho intramolecular Hbond substituents is 1. The molecule has 0 aliphatic carbocycles. The van der Waals surface area contributed by atoms with E-state index in [0.29, 0.717) is 11.2 Å². The number of rotatable bonds is 2. The van der Waals surface area contributed by atoms with Crippen LogP contribution in [0.25, 0.3) is 0 Å². The second kappa shape index (κ2) is 5.09. The molecular weight excluding hydrogens is 295 g/mol. The van der Waals surface area contributed by atoms with E-state index in [1.807, 2.05) is 0 Å². The second-order valence-corrected chi connectivity index (χ2v) is 4.38. The number of anilines is 3. The van der Waals surface area contributed by atoms with Crippen molar-refractivity contribution >= 4 is 28.8 Å². The topological polar surface area (TPSA) is 71.2 Å². The maximum Gasteiger partial charge on any atom is 0.417 e. The van der Waals surface area contributed by atoms with Crippen molar-refractivity contribution in [3.8, 4) is 5.75 Å². The van der Waals surface area contributed by atoms with Crippen molar-refractivity contribution < 1.29 is 18.3 Å². The fraction of sp³-hybridized carbons (Fsp3) is 0.0833. The van der Waals surface area contributed by atoms with E-state index in [4.69, 9.17) is 17.3 Å². The van der Waals surface area contributed by atoms with Crippen LogP contribution < -0.4 is 11.1 Å². The Bertz CT molecular complexity index is 646. The van der Waals surface area contributed by atoms with Gasteiger partial charge in [0.1, 0.15) is 11.6 Å². The van der Waals surface area contributed by atoms with Crippen LogP contribution in [0.4, 0.5) is 30.4 Å². The molecule has 4 nitrogen and oxygen atoms in total. The molecule has 2 rings (SSSR count). The monoisotopic (exact) mass is 303 g/mol. The van der Waals surface area contributed by atoms with Crippen molar-refractivity contribution in [1.82, 2.24) is 4.98 Å². The summed E-state index contributed by atoms with van der Waals surface area (Å²) in [5, 5.41) is 12.5. The molecule has 0 amide bonds. The minimum absolute atomic E-state index is 0.0719. The highest BCUT2D eigenvalue weighted by Gasteiger charge is 2.31. The van der Waals surface area contributed by atoms with Gasteiger partial charge in [0.2, 0.25) is 0 Å². The average Bonchev–Trinajstić information content (AvgIpc) is 2.35. The van der Waals surface area contributed by atoms with Gasteiger partial charge >= 0.3 is 6.18 Å². The Morgan fingerprint density at radius 3 is 2.55 bits per heavy atom. The fourth-order valence-corrected chi connectivity index (χ4v) is 1.66. The molecule has 0 saturated carbocycles. The molecule has 0 aliphatic rings. The van der Waals surface area contributed by atoms with Crippen LogP contribution >= 0.6 is 11.6 Å². The van der Waals surface area contributed by atoms with Crippen LogP contribution in [0, 0.1) is 0 Å². The number of aromatic hydroxyl groups is 1. The SMILES string of the molecule is Nc1ncc(C(F)(F)F)cc1Nc1cc(Cl)ccc1O. The van der Waals surface area contributed by atoms with E-state index in [0.717, 1.165) is 6.07 Å². The number of phenols is 1. The summed E-state index contributed by atoms with van der Waals surface area (Å²) in [5.74, 6) is -0.302. The number of nitrogen functional groups attached to an aromatic ring is 1. The lowest BCUT2D eigenvalue weighted by atomic mass is 10.2. The van der Waals surface area contributed by atoms with Gasteiger partial charge in [-0.1, -0.05) is 11.6 Å². The predicted molar refractivity (Wildman–Crippen MR) is 70.1 cm³/mol. The van der Waals surface area contributed by atoms with Crippen LogP contribution in [-0.2, 0) is 6.18 Å². The molecule has 0 bridgehead atoms. The van der Waals surface area contributed by atoms with Crippen LogP contribution in [0.15, 0.2) is 30.5 Å². The molecule has 1 heterocycles. The number of benzene rings is 1. The molecule has 0 saturated heterocycles. The van der Waals surface area contributed by atoms with Crippen molar-refractivity contribution in [3.05, 3.63) is 41.0 Å². The molecular formula is C12H9ClF3N3O. The van der Waals surface area contributed by atoms with Gasteiger partial charge in [0.25, 0.3) is 0 Å². The summed E-state index contributed by atoms with van der Waals surface area (Å²) < 4.78 is 37.8. The number of nitrogens with zero attached hydrogens (tertiary/aromatic N) is 1. The third-order valence-electron chi connectivity index (χ3n) is 2.47. The van der Waals surface area contributed by atoms with E-state index in [-0.39, 0.29) is 22.9 Å². The zero-order valence-corrected chi connectivity index (χ0v) is 10.6. The summed E-state index contributed by atoms with van der Waals surface area (Å²) in [7, 11) is 0. The van der Waals surface area contributed by atoms with Gasteiger partial charge in [-0.3, -0.25) is 0 Å². The largest absolute Gasteiger partial charge is 0.506 e. The van der Waals surface area contributed by atoms with Crippen LogP contribution in [0.3, 0.4) is 0 Å². The van der Waals surface area contributed by atoms with Gasteiger partial charge in [0.15, 0.2) is 0 Å². The number of aromatic nitrogens is 1. The van der Waals surface area contributed by atoms with E-state index in [9.17, 15) is 18.3 Å². The first-order chi connectivity index (χ1) is 9.27. The van der Waals surface area contributed by atoms with Crippen molar-refractivity contribution in [2.75, 3.05) is 11.1 Å². The molecule has 0 spiro atoms. The second-order valence-electron chi connectivity index (χ2n) is 3.94. The molecule has 1 aromatic carbocycles. The third-order valence-corrected chi connectivity index (χ3v) is 2.71. The highest BCUT2D eigenvalue weighted by molar-refractivity contribution is 6.31. The Hall–Kier alpha value is -2.15. The lowest BCUT2D eigenvalue weighted by Crippen LogP contribution is -2.08. The molecule has 0 unspecified atom stereocenters. The number of hydrogen-bond donors (Lipinski definition) is 3. The van der Waals surface area contributed by atoms with Crippen LogP contribution in [0.2, 0.25) is 5.02 Å². The number of pyridine rings is 1. The number of alkyl halides is 3. The first kappa shape index (κ1) is 14.3. The maximum atomic E-state index is 12.6. The molecule has 1 aromatic heterocycles. The lowest BCUT2D eigenvalue weighted by Gasteiger charge is -2.13. The Morgan fingerprint density at radius 2 is 1.90 bits per heavy atom. The summed E-state index contributed by atoms with van der Waals surface area (Å²) in [5.41, 5.74) is 4.62. The van der Waals surface area contributed by atoms with E-state index in [2.05, 4.69) is 10.3 Å². The molecule has 2 aromatic rings. The molecule has 20 heavy (non-hydrogen) atoms. The van der Waals surface area contributed by atoms with Gasteiger partial charge in [0, 0.05) is 11.2 Å². The van der Waals surface area contributed by atoms with Crippen LogP contribution in [-0.4, -0.2) is 10.1 Å². The Labute approximate surface area is 117 Å². The molecule has 0 fully saturated rings. The van der Waals surface area contributed by atoms with Crippen molar-refractivity contribution in [2.45, 2.75) is 6.18 Å². The van der Waals surface area contributed by atoms with Crippen molar-refractivity contribution in [3.63, 3.8) is 0 Å². The normalized spacial score (nSPS) is 11.4. The first-order valence-electron chi connectivity index (χ1n) is 5.35. The van der Waals surface area contributed by atoms with Crippen molar-refractivity contribution in [1.29, 1.82) is 0 Å². The van der Waals surface area contributed by atoms with Gasteiger partial charge in [-0.15, -0.1) is 0 Å². The number of nitrogens with one attached hydrogen (secondary N) is 1. The maximum absolute atomic E-state index is 12.6. The fourth-order valence-electron chi connectivity index (χ4n) is 1.48. The van der Waals surface area contributed by atoms with E-state index < -0.39 is 11.7 Å². The molecule has 106 valence electrons. The number of hydrogen-bond acceptors (Lipinski definition) is 4. The Morgan fingerprint density at radius 1 is 1.20 bits per heavy atom. The van der Waals surface area contributed by atoms with E-state index in [1.165, 1.54) is 18.2 Å². The summed E-state index contributed by atoms with van der Waals surface area (Å²) in [6.07, 6.45) is -3.90. The quantitative estimate of drug-likeness (QED) is 0.738. The van der Waals surface area contributed by atoms with E-state index >= 15 is 0 Å². The molecule has 0 radical (unpaired) electrons. The summed E-state index contributed by atoms with van der Waals surface area (Å²) in [6, 6.07) is 4.91. The highest BCUT2D eigenvalue weighted by atomic mass is 35.5. The Balaban J connectivity index is 2.40. The van der Waals surface area contributed by atoms with Gasteiger partial charge in [0.05, 0.1) is 16.9 Å². The minimum atomic E-state index is -4.53. The number of nitrogens with two attached hydrogens (primary N) is 1. The lowest BCUT2D eigenvalue weighted by molar-refractivity contribution is -0.137. The average molecular weight is 304 g/mol. The molecule has 8 heteroatoms. The number of halogens is 4. The smallest absolute Gasteiger partial charge is 0.417 e. The van der Waals surface area contributed by atoms with Gasteiger partial charge in [-0.2, -0.15) is 13.2 Å². The summed E-state index contributed by atoms with van der Waals surface area (Å²) >= 11 is 5.75. The highest BCUT2D eigenvalue weighted by Crippen LogP contribution is 2.35. The molecule has 0 atom stereocenters. The zero-order chi connectivity index (χ0) is 14.9. The van der Waals surface area contributed by atoms with Gasteiger partial charge in [-0.05, 0) is 24.3 Å². The molecule has 4 N–H and O–H groups in total. The van der Waals surface area contributed by atoms with E-state index in [1.54, 1.807) is 0 Å². The predicted octanol–water partition coefficient (Wildman–Crippen LogP) is 3.79. The van der Waals surface area contributed by atoms with Gasteiger partial charge in [-0.25, -0.2) is 4.98 Å². The summed E-state index contributed by atoms with van der Waals surface area (Å²) in [6.45, 7) is 0. The Kier molecular flexibility index (Phi) is 3.63. The summed E-state index contributed by atoms with van der Waals surface area (Å²) in [4.78, 5) is 3.47. The van der Waals surface area contributed by atoms with Crippen LogP contribution in [0.5, 0.6) is 5.75 Å².